The Morgan fingerprint density at radius 2 is 1.79 bits per heavy atom. The van der Waals surface area contributed by atoms with Gasteiger partial charge in [0.15, 0.2) is 0 Å². The summed E-state index contributed by atoms with van der Waals surface area (Å²) in [7, 11) is 0. The third-order valence-corrected chi connectivity index (χ3v) is 4.10. The van der Waals surface area contributed by atoms with Gasteiger partial charge in [0.05, 0.1) is 5.69 Å². The maximum atomic E-state index is 12.0. The maximum Gasteiger partial charge on any atom is 0.257 e. The Bertz CT molecular complexity index is 615. The normalized spacial score (nSPS) is 10.8. The summed E-state index contributed by atoms with van der Waals surface area (Å²) >= 11 is 1.23. The minimum Gasteiger partial charge on any atom is -0.393 e. The monoisotopic (exact) mass is 276 g/mol. The van der Waals surface area contributed by atoms with E-state index in [0.717, 1.165) is 41.7 Å². The molecule has 0 spiro atoms. The quantitative estimate of drug-likeness (QED) is 0.909. The van der Waals surface area contributed by atoms with E-state index in [4.69, 9.17) is 5.73 Å². The van der Waals surface area contributed by atoms with Crippen LogP contribution < -0.4 is 15.4 Å². The molecule has 0 saturated carbocycles. The van der Waals surface area contributed by atoms with Crippen LogP contribution in [0, 0.1) is 0 Å². The lowest BCUT2D eigenvalue weighted by Gasteiger charge is -2.26. The second kappa shape index (κ2) is 6.06. The van der Waals surface area contributed by atoms with Crippen molar-refractivity contribution in [1.82, 2.24) is 0 Å². The Kier molecular flexibility index (Phi) is 4.43. The van der Waals surface area contributed by atoms with Crippen molar-refractivity contribution in [3.8, 4) is 0 Å². The van der Waals surface area contributed by atoms with Crippen LogP contribution >= 0.6 is 11.3 Å². The zero-order valence-electron chi connectivity index (χ0n) is 11.5. The Morgan fingerprint density at radius 1 is 1.16 bits per heavy atom. The molecule has 19 heavy (non-hydrogen) atoms. The number of rotatable bonds is 5. The molecule has 1 aromatic heterocycles. The molecule has 1 heterocycles. The van der Waals surface area contributed by atoms with Crippen molar-refractivity contribution in [3.63, 3.8) is 0 Å². The second-order valence-corrected chi connectivity index (χ2v) is 5.65. The standard InChI is InChI=1S/C15H20N2OS/c1-3-9-17(10-4-2)14-11-7-5-6-8-12(11)19-15(18)13(14)16/h5-8H,3-4,9-10,16H2,1-2H3. The SMILES string of the molecule is CCCN(CCC)c1c(N)c(=O)sc2ccccc12. The molecule has 0 bridgehead atoms. The van der Waals surface area contributed by atoms with E-state index in [0.29, 0.717) is 5.69 Å². The molecule has 2 N–H and O–H groups in total. The maximum absolute atomic E-state index is 12.0. The minimum atomic E-state index is -0.0362. The Labute approximate surface area is 117 Å². The number of hydrogen-bond donors (Lipinski definition) is 1. The molecule has 0 unspecified atom stereocenters. The van der Waals surface area contributed by atoms with Gasteiger partial charge in [0.1, 0.15) is 5.69 Å². The summed E-state index contributed by atoms with van der Waals surface area (Å²) in [6.45, 7) is 6.14. The molecule has 0 aliphatic heterocycles. The van der Waals surface area contributed by atoms with Crippen molar-refractivity contribution >= 4 is 32.8 Å². The highest BCUT2D eigenvalue weighted by Crippen LogP contribution is 2.32. The van der Waals surface area contributed by atoms with Crippen molar-refractivity contribution < 1.29 is 0 Å². The molecule has 0 fully saturated rings. The highest BCUT2D eigenvalue weighted by Gasteiger charge is 2.15. The van der Waals surface area contributed by atoms with Crippen LogP contribution in [0.3, 0.4) is 0 Å². The molecule has 3 nitrogen and oxygen atoms in total. The van der Waals surface area contributed by atoms with Gasteiger partial charge in [-0.25, -0.2) is 0 Å². The van der Waals surface area contributed by atoms with E-state index in [2.05, 4.69) is 24.8 Å². The molecule has 2 aromatic rings. The average Bonchev–Trinajstić information content (AvgIpc) is 2.40. The Hall–Kier alpha value is -1.55. The molecule has 4 heteroatoms. The van der Waals surface area contributed by atoms with Gasteiger partial charge < -0.3 is 10.6 Å². The van der Waals surface area contributed by atoms with Crippen LogP contribution in [0.15, 0.2) is 29.1 Å². The third kappa shape index (κ3) is 2.73. The van der Waals surface area contributed by atoms with Crippen LogP contribution in [-0.4, -0.2) is 13.1 Å². The first-order valence-corrected chi connectivity index (χ1v) is 7.57. The van der Waals surface area contributed by atoms with Crippen LogP contribution in [0.5, 0.6) is 0 Å². The molecule has 0 atom stereocenters. The van der Waals surface area contributed by atoms with Gasteiger partial charge in [0.2, 0.25) is 0 Å². The number of anilines is 2. The molecular formula is C15H20N2OS. The van der Waals surface area contributed by atoms with Gasteiger partial charge in [0.25, 0.3) is 4.74 Å². The topological polar surface area (TPSA) is 46.3 Å². The fourth-order valence-electron chi connectivity index (χ4n) is 2.36. The first-order chi connectivity index (χ1) is 9.19. The van der Waals surface area contributed by atoms with Crippen LogP contribution in [0.4, 0.5) is 11.4 Å². The molecule has 0 saturated heterocycles. The predicted octanol–water partition coefficient (Wildman–Crippen LogP) is 3.47. The fourth-order valence-corrected chi connectivity index (χ4v) is 3.19. The summed E-state index contributed by atoms with van der Waals surface area (Å²) < 4.78 is 0.972. The summed E-state index contributed by atoms with van der Waals surface area (Å²) in [5, 5.41) is 1.09. The molecular weight excluding hydrogens is 256 g/mol. The molecule has 0 amide bonds. The number of benzene rings is 1. The average molecular weight is 276 g/mol. The number of hydrogen-bond acceptors (Lipinski definition) is 4. The van der Waals surface area contributed by atoms with Crippen LogP contribution in [-0.2, 0) is 0 Å². The van der Waals surface area contributed by atoms with E-state index in [9.17, 15) is 4.79 Å². The predicted molar refractivity (Wildman–Crippen MR) is 85.3 cm³/mol. The number of nitrogen functional groups attached to an aromatic ring is 1. The molecule has 0 aliphatic carbocycles. The van der Waals surface area contributed by atoms with Crippen molar-refractivity contribution in [1.29, 1.82) is 0 Å². The molecule has 0 radical (unpaired) electrons. The number of nitrogens with two attached hydrogens (primary N) is 1. The van der Waals surface area contributed by atoms with Gasteiger partial charge in [-0.1, -0.05) is 43.4 Å². The minimum absolute atomic E-state index is 0.0362. The van der Waals surface area contributed by atoms with Crippen molar-refractivity contribution in [2.75, 3.05) is 23.7 Å². The van der Waals surface area contributed by atoms with E-state index in [-0.39, 0.29) is 4.74 Å². The lowest BCUT2D eigenvalue weighted by atomic mass is 10.1. The van der Waals surface area contributed by atoms with Gasteiger partial charge in [-0.2, -0.15) is 0 Å². The number of fused-ring (bicyclic) bond motifs is 1. The van der Waals surface area contributed by atoms with E-state index in [1.54, 1.807) is 0 Å². The third-order valence-electron chi connectivity index (χ3n) is 3.12. The van der Waals surface area contributed by atoms with Gasteiger partial charge in [-0.05, 0) is 18.9 Å². The summed E-state index contributed by atoms with van der Waals surface area (Å²) in [6, 6.07) is 8.00. The van der Waals surface area contributed by atoms with E-state index < -0.39 is 0 Å². The molecule has 102 valence electrons. The Balaban J connectivity index is 2.68. The van der Waals surface area contributed by atoms with Gasteiger partial charge >= 0.3 is 0 Å². The largest absolute Gasteiger partial charge is 0.393 e. The Morgan fingerprint density at radius 3 is 2.42 bits per heavy atom. The van der Waals surface area contributed by atoms with E-state index in [1.165, 1.54) is 11.3 Å². The van der Waals surface area contributed by atoms with E-state index >= 15 is 0 Å². The lowest BCUT2D eigenvalue weighted by Crippen LogP contribution is -2.27. The van der Waals surface area contributed by atoms with E-state index in [1.807, 2.05) is 18.2 Å². The van der Waals surface area contributed by atoms with Crippen molar-refractivity contribution in [2.45, 2.75) is 26.7 Å². The van der Waals surface area contributed by atoms with Crippen LogP contribution in [0.25, 0.3) is 10.1 Å². The van der Waals surface area contributed by atoms with Gasteiger partial charge in [0, 0.05) is 23.2 Å². The van der Waals surface area contributed by atoms with Crippen LogP contribution in [0.2, 0.25) is 0 Å². The molecule has 2 rings (SSSR count). The molecule has 1 aromatic carbocycles. The summed E-state index contributed by atoms with van der Waals surface area (Å²) in [5.74, 6) is 0. The van der Waals surface area contributed by atoms with Crippen molar-refractivity contribution in [2.24, 2.45) is 0 Å². The van der Waals surface area contributed by atoms with Gasteiger partial charge in [-0.15, -0.1) is 0 Å². The lowest BCUT2D eigenvalue weighted by molar-refractivity contribution is 0.748. The first kappa shape index (κ1) is 13.9. The second-order valence-electron chi connectivity index (χ2n) is 4.64. The summed E-state index contributed by atoms with van der Waals surface area (Å²) in [6.07, 6.45) is 2.08. The smallest absolute Gasteiger partial charge is 0.257 e. The zero-order chi connectivity index (χ0) is 13.8. The fraction of sp³-hybridized carbons (Fsp3) is 0.400. The number of nitrogens with zero attached hydrogens (tertiary/aromatic N) is 1. The molecule has 0 aliphatic rings. The summed E-state index contributed by atoms with van der Waals surface area (Å²) in [4.78, 5) is 14.3. The highest BCUT2D eigenvalue weighted by molar-refractivity contribution is 7.16. The highest BCUT2D eigenvalue weighted by atomic mass is 32.1. The van der Waals surface area contributed by atoms with Crippen molar-refractivity contribution in [3.05, 3.63) is 33.8 Å². The van der Waals surface area contributed by atoms with Crippen LogP contribution in [0.1, 0.15) is 26.7 Å². The first-order valence-electron chi connectivity index (χ1n) is 6.75. The summed E-state index contributed by atoms with van der Waals surface area (Å²) in [5.41, 5.74) is 7.38. The van der Waals surface area contributed by atoms with Gasteiger partial charge in [-0.3, -0.25) is 4.79 Å². The zero-order valence-corrected chi connectivity index (χ0v) is 12.3.